The van der Waals surface area contributed by atoms with Crippen molar-refractivity contribution in [2.24, 2.45) is 5.92 Å². The van der Waals surface area contributed by atoms with Gasteiger partial charge in [-0.3, -0.25) is 4.79 Å². The summed E-state index contributed by atoms with van der Waals surface area (Å²) >= 11 is 0. The molecule has 3 N–H and O–H groups in total. The zero-order valence-electron chi connectivity index (χ0n) is 27.8. The van der Waals surface area contributed by atoms with Crippen molar-refractivity contribution in [3.8, 4) is 5.75 Å². The van der Waals surface area contributed by atoms with E-state index in [9.17, 15) is 27.5 Å². The molecule has 1 heterocycles. The largest absolute Gasteiger partial charge is 0.490 e. The second kappa shape index (κ2) is 16.9. The molecule has 48 heavy (non-hydrogen) atoms. The predicted molar refractivity (Wildman–Crippen MR) is 182 cm³/mol. The Morgan fingerprint density at radius 2 is 1.71 bits per heavy atom. The molecule has 0 aromatic heterocycles. The van der Waals surface area contributed by atoms with Gasteiger partial charge in [0.15, 0.2) is 0 Å². The molecule has 0 bridgehead atoms. The lowest BCUT2D eigenvalue weighted by molar-refractivity contribution is -0.00833. The summed E-state index contributed by atoms with van der Waals surface area (Å²) in [6, 6.07) is 17.1. The number of benzene rings is 3. The van der Waals surface area contributed by atoms with Gasteiger partial charge in [0.05, 0.1) is 35.3 Å². The Morgan fingerprint density at radius 1 is 1.04 bits per heavy atom. The minimum Gasteiger partial charge on any atom is -0.490 e. The fourth-order valence-electron chi connectivity index (χ4n) is 5.41. The zero-order valence-corrected chi connectivity index (χ0v) is 28.6. The molecular weight excluding hydrogens is 639 g/mol. The molecule has 1 aliphatic heterocycles. The first-order valence-electron chi connectivity index (χ1n) is 16.1. The number of fused-ring (bicyclic) bond motifs is 1. The minimum absolute atomic E-state index is 0.0568. The number of carbonyl (C=O) groups excluding carboxylic acids is 2. The highest BCUT2D eigenvalue weighted by atomic mass is 32.2. The van der Waals surface area contributed by atoms with Crippen LogP contribution in [0.4, 0.5) is 20.6 Å². The van der Waals surface area contributed by atoms with E-state index < -0.39 is 39.9 Å². The Morgan fingerprint density at radius 3 is 2.40 bits per heavy atom. The van der Waals surface area contributed by atoms with Crippen molar-refractivity contribution < 1.29 is 37.0 Å². The van der Waals surface area contributed by atoms with Crippen LogP contribution in [0.25, 0.3) is 0 Å². The Bertz CT molecular complexity index is 1630. The number of urea groups is 1. The topological polar surface area (TPSA) is 138 Å². The van der Waals surface area contributed by atoms with E-state index in [0.29, 0.717) is 30.2 Å². The standard InChI is InChI=1S/C35H45FN4O7S/c1-24-21-40(25(2)23-41)34(42)31-20-29(38-35(43)37-28-15-13-27(36)14-16-28)17-18-32(31)47-26(3)10-8-9-19-46-33(24)22-39(4)48(44,45)30-11-6-5-7-12-30/h5-7,11-18,20,24-26,33,41H,8-10,19,21-23H2,1-4H3,(H2,37,38,43)/t24-,25+,26+,33-/m1/s1. The van der Waals surface area contributed by atoms with Gasteiger partial charge in [-0.1, -0.05) is 25.1 Å². The average molecular weight is 685 g/mol. The highest BCUT2D eigenvalue weighted by Gasteiger charge is 2.32. The third-order valence-corrected chi connectivity index (χ3v) is 10.1. The van der Waals surface area contributed by atoms with Crippen LogP contribution in [0.15, 0.2) is 77.7 Å². The number of aliphatic hydroxyl groups is 1. The molecule has 13 heteroatoms. The van der Waals surface area contributed by atoms with Crippen LogP contribution in [0.1, 0.15) is 50.4 Å². The normalized spacial score (nSPS) is 20.3. The molecule has 1 aliphatic rings. The lowest BCUT2D eigenvalue weighted by atomic mass is 10.0. The minimum atomic E-state index is -3.79. The SMILES string of the molecule is C[C@@H]1CN([C@@H](C)CO)C(=O)c2cc(NC(=O)Nc3ccc(F)cc3)ccc2O[C@@H](C)CCCCO[C@@H]1CN(C)S(=O)(=O)c1ccccc1. The van der Waals surface area contributed by atoms with E-state index in [-0.39, 0.29) is 42.2 Å². The highest BCUT2D eigenvalue weighted by molar-refractivity contribution is 7.89. The van der Waals surface area contributed by atoms with E-state index in [1.54, 1.807) is 49.4 Å². The Kier molecular flexibility index (Phi) is 12.9. The number of anilines is 2. The van der Waals surface area contributed by atoms with Crippen molar-refractivity contribution >= 4 is 33.3 Å². The molecule has 4 atom stereocenters. The summed E-state index contributed by atoms with van der Waals surface area (Å²) in [6.45, 7) is 5.79. The van der Waals surface area contributed by atoms with Crippen LogP contribution in [0.5, 0.6) is 5.75 Å². The van der Waals surface area contributed by atoms with Crippen LogP contribution in [0, 0.1) is 11.7 Å². The summed E-state index contributed by atoms with van der Waals surface area (Å²) in [7, 11) is -2.28. The van der Waals surface area contributed by atoms with E-state index in [1.807, 2.05) is 13.8 Å². The van der Waals surface area contributed by atoms with Crippen LogP contribution in [0.2, 0.25) is 0 Å². The van der Waals surface area contributed by atoms with Crippen molar-refractivity contribution in [3.63, 3.8) is 0 Å². The fraction of sp³-hybridized carbons (Fsp3) is 0.429. The molecule has 0 saturated heterocycles. The van der Waals surface area contributed by atoms with E-state index in [1.165, 1.54) is 46.6 Å². The molecule has 260 valence electrons. The molecule has 0 aliphatic carbocycles. The van der Waals surface area contributed by atoms with Gasteiger partial charge in [-0.05, 0) is 87.7 Å². The van der Waals surface area contributed by atoms with E-state index in [4.69, 9.17) is 9.47 Å². The average Bonchev–Trinajstić information content (AvgIpc) is 3.07. The second-order valence-corrected chi connectivity index (χ2v) is 14.2. The number of sulfonamides is 1. The van der Waals surface area contributed by atoms with Gasteiger partial charge in [-0.15, -0.1) is 0 Å². The predicted octanol–water partition coefficient (Wildman–Crippen LogP) is 5.59. The van der Waals surface area contributed by atoms with Crippen LogP contribution in [-0.4, -0.2) is 86.3 Å². The molecule has 4 rings (SSSR count). The number of aliphatic hydroxyl groups excluding tert-OH is 1. The number of likely N-dealkylation sites (N-methyl/N-ethyl adjacent to an activating group) is 1. The zero-order chi connectivity index (χ0) is 34.8. The number of nitrogens with one attached hydrogen (secondary N) is 2. The summed E-state index contributed by atoms with van der Waals surface area (Å²) < 4.78 is 53.8. The number of amides is 3. The van der Waals surface area contributed by atoms with E-state index in [2.05, 4.69) is 10.6 Å². The summed E-state index contributed by atoms with van der Waals surface area (Å²) in [4.78, 5) is 28.8. The molecule has 3 aromatic rings. The Balaban J connectivity index is 1.62. The monoisotopic (exact) mass is 684 g/mol. The summed E-state index contributed by atoms with van der Waals surface area (Å²) in [5.74, 6) is -0.879. The Labute approximate surface area is 282 Å². The van der Waals surface area contributed by atoms with Crippen molar-refractivity contribution in [1.82, 2.24) is 9.21 Å². The highest BCUT2D eigenvalue weighted by Crippen LogP contribution is 2.29. The van der Waals surface area contributed by atoms with Crippen LogP contribution < -0.4 is 15.4 Å². The molecule has 0 radical (unpaired) electrons. The van der Waals surface area contributed by atoms with Gasteiger partial charge in [0.1, 0.15) is 11.6 Å². The molecule has 0 spiro atoms. The quantitative estimate of drug-likeness (QED) is 0.282. The number of nitrogens with zero attached hydrogens (tertiary/aromatic N) is 2. The van der Waals surface area contributed by atoms with Gasteiger partial charge in [0, 0.05) is 44.0 Å². The van der Waals surface area contributed by atoms with Crippen molar-refractivity contribution in [2.45, 2.75) is 63.2 Å². The maximum atomic E-state index is 14.3. The van der Waals surface area contributed by atoms with Gasteiger partial charge in [-0.25, -0.2) is 17.6 Å². The third kappa shape index (κ3) is 9.75. The maximum Gasteiger partial charge on any atom is 0.323 e. The van der Waals surface area contributed by atoms with E-state index >= 15 is 0 Å². The van der Waals surface area contributed by atoms with Crippen molar-refractivity contribution in [2.75, 3.05) is 44.0 Å². The number of halogens is 1. The number of carbonyl (C=O) groups is 2. The van der Waals surface area contributed by atoms with Gasteiger partial charge in [0.25, 0.3) is 5.91 Å². The summed E-state index contributed by atoms with van der Waals surface area (Å²) in [6.07, 6.45) is 1.37. The molecular formula is C35H45FN4O7S. The van der Waals surface area contributed by atoms with Crippen LogP contribution >= 0.6 is 0 Å². The maximum absolute atomic E-state index is 14.3. The first-order chi connectivity index (χ1) is 22.9. The number of rotatable bonds is 8. The summed E-state index contributed by atoms with van der Waals surface area (Å²) in [5.41, 5.74) is 0.890. The smallest absolute Gasteiger partial charge is 0.323 e. The lowest BCUT2D eigenvalue weighted by Crippen LogP contribution is -2.48. The third-order valence-electron chi connectivity index (χ3n) is 8.30. The van der Waals surface area contributed by atoms with Gasteiger partial charge in [0.2, 0.25) is 10.0 Å². The van der Waals surface area contributed by atoms with Gasteiger partial charge >= 0.3 is 6.03 Å². The molecule has 0 fully saturated rings. The van der Waals surface area contributed by atoms with Gasteiger partial charge < -0.3 is 30.1 Å². The molecule has 11 nitrogen and oxygen atoms in total. The fourth-order valence-corrected chi connectivity index (χ4v) is 6.62. The lowest BCUT2D eigenvalue weighted by Gasteiger charge is -2.35. The second-order valence-electron chi connectivity index (χ2n) is 12.2. The molecule has 0 saturated carbocycles. The van der Waals surface area contributed by atoms with Gasteiger partial charge in [-0.2, -0.15) is 4.31 Å². The number of hydrogen-bond acceptors (Lipinski definition) is 7. The first-order valence-corrected chi connectivity index (χ1v) is 17.5. The van der Waals surface area contributed by atoms with Crippen LogP contribution in [0.3, 0.4) is 0 Å². The number of hydrogen-bond donors (Lipinski definition) is 3. The van der Waals surface area contributed by atoms with Crippen molar-refractivity contribution in [1.29, 1.82) is 0 Å². The Hall–Kier alpha value is -4.04. The summed E-state index contributed by atoms with van der Waals surface area (Å²) in [5, 5.41) is 15.5. The van der Waals surface area contributed by atoms with Crippen molar-refractivity contribution in [3.05, 3.63) is 84.2 Å². The molecule has 0 unspecified atom stereocenters. The van der Waals surface area contributed by atoms with E-state index in [0.717, 1.165) is 12.8 Å². The first kappa shape index (κ1) is 36.8. The molecule has 3 amide bonds. The number of ether oxygens (including phenoxy) is 2. The van der Waals surface area contributed by atoms with Crippen LogP contribution in [-0.2, 0) is 14.8 Å². The molecule has 3 aromatic carbocycles.